The lowest BCUT2D eigenvalue weighted by Gasteiger charge is -2.13. The van der Waals surface area contributed by atoms with Gasteiger partial charge in [0.15, 0.2) is 0 Å². The standard InChI is InChI=1S/C39H37NO8/c1-26(45-23-21-41)28-3-7-30(8-4-28)32-11-16-35(17-12-32)47-38(43)34-15-20-37(40-25-34)39(44)48-36-18-13-33(14-19-36)31-9-5-29(6-10-31)27(2)46-24-22-42/h3-20,25-27,41-42H,21-24H2,1-2H3. The molecule has 0 amide bonds. The first kappa shape index (κ1) is 34.2. The summed E-state index contributed by atoms with van der Waals surface area (Å²) in [5.41, 5.74) is 6.15. The van der Waals surface area contributed by atoms with Crippen molar-refractivity contribution in [2.24, 2.45) is 0 Å². The molecule has 0 spiro atoms. The van der Waals surface area contributed by atoms with E-state index < -0.39 is 11.9 Å². The van der Waals surface area contributed by atoms with E-state index in [1.807, 2.05) is 86.6 Å². The summed E-state index contributed by atoms with van der Waals surface area (Å²) in [6.07, 6.45) is 1.04. The Morgan fingerprint density at radius 3 is 1.33 bits per heavy atom. The average molecular weight is 648 g/mol. The number of aliphatic hydroxyl groups is 2. The summed E-state index contributed by atoms with van der Waals surface area (Å²) in [4.78, 5) is 29.6. The van der Waals surface area contributed by atoms with Crippen LogP contribution in [0.3, 0.4) is 0 Å². The van der Waals surface area contributed by atoms with Gasteiger partial charge in [0.05, 0.1) is 44.2 Å². The van der Waals surface area contributed by atoms with E-state index in [2.05, 4.69) is 4.98 Å². The van der Waals surface area contributed by atoms with Crippen molar-refractivity contribution >= 4 is 11.9 Å². The Bertz CT molecular complexity index is 1640. The quantitative estimate of drug-likeness (QED) is 0.0969. The van der Waals surface area contributed by atoms with Crippen molar-refractivity contribution in [3.8, 4) is 33.8 Å². The highest BCUT2D eigenvalue weighted by molar-refractivity contribution is 5.93. The van der Waals surface area contributed by atoms with E-state index in [1.54, 1.807) is 24.3 Å². The van der Waals surface area contributed by atoms with Crippen LogP contribution in [-0.4, -0.2) is 53.6 Å². The maximum atomic E-state index is 12.7. The number of carbonyl (C=O) groups is 2. The van der Waals surface area contributed by atoms with Gasteiger partial charge in [-0.05, 0) is 83.6 Å². The molecule has 1 heterocycles. The minimum Gasteiger partial charge on any atom is -0.423 e. The van der Waals surface area contributed by atoms with Gasteiger partial charge in [0.2, 0.25) is 0 Å². The number of aromatic nitrogens is 1. The number of aliphatic hydroxyl groups excluding tert-OH is 2. The monoisotopic (exact) mass is 647 g/mol. The van der Waals surface area contributed by atoms with Crippen LogP contribution in [0.25, 0.3) is 22.3 Å². The van der Waals surface area contributed by atoms with Crippen molar-refractivity contribution < 1.29 is 38.7 Å². The molecule has 246 valence electrons. The highest BCUT2D eigenvalue weighted by Crippen LogP contribution is 2.27. The fourth-order valence-electron chi connectivity index (χ4n) is 4.94. The van der Waals surface area contributed by atoms with Crippen molar-refractivity contribution in [1.29, 1.82) is 0 Å². The zero-order chi connectivity index (χ0) is 33.9. The van der Waals surface area contributed by atoms with Gasteiger partial charge in [-0.3, -0.25) is 0 Å². The fraction of sp³-hybridized carbons (Fsp3) is 0.205. The minimum absolute atomic E-state index is 0.0188. The summed E-state index contributed by atoms with van der Waals surface area (Å²) in [7, 11) is 0. The van der Waals surface area contributed by atoms with Crippen LogP contribution in [0.2, 0.25) is 0 Å². The predicted octanol–water partition coefficient (Wildman–Crippen LogP) is 6.99. The van der Waals surface area contributed by atoms with Gasteiger partial charge in [0, 0.05) is 6.20 Å². The molecule has 0 radical (unpaired) electrons. The molecule has 0 fully saturated rings. The van der Waals surface area contributed by atoms with Crippen molar-refractivity contribution in [3.05, 3.63) is 138 Å². The van der Waals surface area contributed by atoms with Crippen molar-refractivity contribution in [2.45, 2.75) is 26.1 Å². The van der Waals surface area contributed by atoms with E-state index in [-0.39, 0.29) is 49.9 Å². The molecule has 1 aromatic heterocycles. The summed E-state index contributed by atoms with van der Waals surface area (Å²) in [5, 5.41) is 17.9. The van der Waals surface area contributed by atoms with E-state index in [0.717, 1.165) is 33.4 Å². The van der Waals surface area contributed by atoms with Crippen LogP contribution in [-0.2, 0) is 9.47 Å². The average Bonchev–Trinajstić information content (AvgIpc) is 3.13. The van der Waals surface area contributed by atoms with Crippen LogP contribution in [0.15, 0.2) is 115 Å². The maximum Gasteiger partial charge on any atom is 0.362 e. The topological polar surface area (TPSA) is 124 Å². The Kier molecular flexibility index (Phi) is 11.8. The molecule has 48 heavy (non-hydrogen) atoms. The number of pyridine rings is 1. The molecule has 9 nitrogen and oxygen atoms in total. The maximum absolute atomic E-state index is 12.7. The van der Waals surface area contributed by atoms with E-state index >= 15 is 0 Å². The van der Waals surface area contributed by atoms with Crippen molar-refractivity contribution in [2.75, 3.05) is 26.4 Å². The van der Waals surface area contributed by atoms with Gasteiger partial charge in [0.25, 0.3) is 0 Å². The summed E-state index contributed by atoms with van der Waals surface area (Å²) >= 11 is 0. The number of hydrogen-bond acceptors (Lipinski definition) is 9. The molecule has 0 aliphatic carbocycles. The van der Waals surface area contributed by atoms with E-state index in [1.165, 1.54) is 18.3 Å². The number of hydrogen-bond donors (Lipinski definition) is 2. The van der Waals surface area contributed by atoms with Crippen LogP contribution in [0.4, 0.5) is 0 Å². The molecule has 5 rings (SSSR count). The molecule has 9 heteroatoms. The van der Waals surface area contributed by atoms with Gasteiger partial charge in [-0.2, -0.15) is 0 Å². The van der Waals surface area contributed by atoms with Crippen LogP contribution >= 0.6 is 0 Å². The number of ether oxygens (including phenoxy) is 4. The third-order valence-corrected chi connectivity index (χ3v) is 7.68. The number of rotatable bonds is 14. The Morgan fingerprint density at radius 2 is 0.958 bits per heavy atom. The second-order valence-corrected chi connectivity index (χ2v) is 11.0. The number of nitrogens with zero attached hydrogens (tertiary/aromatic N) is 1. The molecular formula is C39H37NO8. The van der Waals surface area contributed by atoms with Gasteiger partial charge in [0.1, 0.15) is 17.2 Å². The Balaban J connectivity index is 1.13. The molecule has 2 atom stereocenters. The highest BCUT2D eigenvalue weighted by Gasteiger charge is 2.15. The van der Waals surface area contributed by atoms with Crippen LogP contribution in [0.1, 0.15) is 58.0 Å². The molecular weight excluding hydrogens is 610 g/mol. The first-order valence-electron chi connectivity index (χ1n) is 15.6. The van der Waals surface area contributed by atoms with Gasteiger partial charge < -0.3 is 29.2 Å². The van der Waals surface area contributed by atoms with Crippen LogP contribution < -0.4 is 9.47 Å². The summed E-state index contributed by atoms with van der Waals surface area (Å²) < 4.78 is 22.1. The molecule has 4 aromatic carbocycles. The molecule has 0 saturated heterocycles. The molecule has 2 N–H and O–H groups in total. The van der Waals surface area contributed by atoms with Crippen molar-refractivity contribution in [1.82, 2.24) is 4.98 Å². The fourth-order valence-corrected chi connectivity index (χ4v) is 4.94. The minimum atomic E-state index is -0.653. The second-order valence-electron chi connectivity index (χ2n) is 11.0. The normalized spacial score (nSPS) is 12.2. The van der Waals surface area contributed by atoms with Gasteiger partial charge in [-0.1, -0.05) is 72.8 Å². The second kappa shape index (κ2) is 16.6. The number of carbonyl (C=O) groups excluding carboxylic acids is 2. The third-order valence-electron chi connectivity index (χ3n) is 7.68. The summed E-state index contributed by atoms with van der Waals surface area (Å²) in [6.45, 7) is 4.40. The number of benzene rings is 4. The SMILES string of the molecule is CC(OCCO)c1ccc(-c2ccc(OC(=O)c3ccc(C(=O)Oc4ccc(-c5ccc(C(C)OCCO)cc5)cc4)nc3)cc2)cc1. The predicted molar refractivity (Wildman–Crippen MR) is 181 cm³/mol. The van der Waals surface area contributed by atoms with Gasteiger partial charge in [-0.25, -0.2) is 14.6 Å². The zero-order valence-corrected chi connectivity index (χ0v) is 26.7. The smallest absolute Gasteiger partial charge is 0.362 e. The lowest BCUT2D eigenvalue weighted by molar-refractivity contribution is 0.0385. The molecule has 0 aliphatic heterocycles. The first-order valence-corrected chi connectivity index (χ1v) is 15.6. The van der Waals surface area contributed by atoms with Gasteiger partial charge in [-0.15, -0.1) is 0 Å². The van der Waals surface area contributed by atoms with Crippen molar-refractivity contribution in [3.63, 3.8) is 0 Å². The lowest BCUT2D eigenvalue weighted by Crippen LogP contribution is -2.13. The van der Waals surface area contributed by atoms with E-state index in [9.17, 15) is 9.59 Å². The lowest BCUT2D eigenvalue weighted by atomic mass is 10.0. The third kappa shape index (κ3) is 8.99. The van der Waals surface area contributed by atoms with E-state index in [4.69, 9.17) is 29.2 Å². The van der Waals surface area contributed by atoms with E-state index in [0.29, 0.717) is 11.5 Å². The number of esters is 2. The zero-order valence-electron chi connectivity index (χ0n) is 26.7. The first-order chi connectivity index (χ1) is 23.3. The molecule has 0 saturated carbocycles. The Labute approximate surface area is 279 Å². The largest absolute Gasteiger partial charge is 0.423 e. The Hall–Kier alpha value is -5.19. The van der Waals surface area contributed by atoms with Crippen LogP contribution in [0, 0.1) is 0 Å². The molecule has 0 aliphatic rings. The van der Waals surface area contributed by atoms with Crippen LogP contribution in [0.5, 0.6) is 11.5 Å². The Morgan fingerprint density at radius 1 is 0.562 bits per heavy atom. The van der Waals surface area contributed by atoms with Gasteiger partial charge >= 0.3 is 11.9 Å². The summed E-state index contributed by atoms with van der Waals surface area (Å²) in [5.74, 6) is -0.527. The molecule has 0 bridgehead atoms. The highest BCUT2D eigenvalue weighted by atomic mass is 16.5. The molecule has 2 unspecified atom stereocenters. The molecule has 5 aromatic rings. The summed E-state index contributed by atoms with van der Waals surface area (Å²) in [6, 6.07) is 33.0.